The van der Waals surface area contributed by atoms with Gasteiger partial charge in [-0.1, -0.05) is 40.5 Å². The number of carbonyl (C=O) groups excluding carboxylic acids is 1. The monoisotopic (exact) mass is 277 g/mol. The van der Waals surface area contributed by atoms with Crippen LogP contribution in [-0.2, 0) is 0 Å². The standard InChI is InChI=1S/C17H27NO2/c1-5-14(6-2)11-18-17(19)15-7-9-16(10-8-15)20-12-13(3)4/h7-10,13-14H,5-6,11-12H2,1-4H3,(H,18,19). The van der Waals surface area contributed by atoms with Crippen LogP contribution in [0.4, 0.5) is 0 Å². The third kappa shape index (κ3) is 5.64. The number of carbonyl (C=O) groups is 1. The van der Waals surface area contributed by atoms with Gasteiger partial charge in [0.2, 0.25) is 0 Å². The molecule has 1 N–H and O–H groups in total. The lowest BCUT2D eigenvalue weighted by atomic mass is 10.0. The van der Waals surface area contributed by atoms with Crippen LogP contribution in [0.15, 0.2) is 24.3 Å². The highest BCUT2D eigenvalue weighted by molar-refractivity contribution is 5.94. The summed E-state index contributed by atoms with van der Waals surface area (Å²) in [5.41, 5.74) is 0.688. The molecule has 3 heteroatoms. The van der Waals surface area contributed by atoms with Gasteiger partial charge in [-0.15, -0.1) is 0 Å². The van der Waals surface area contributed by atoms with Crippen LogP contribution in [-0.4, -0.2) is 19.1 Å². The van der Waals surface area contributed by atoms with E-state index >= 15 is 0 Å². The summed E-state index contributed by atoms with van der Waals surface area (Å²) < 4.78 is 5.60. The molecular weight excluding hydrogens is 250 g/mol. The average molecular weight is 277 g/mol. The highest BCUT2D eigenvalue weighted by Gasteiger charge is 2.08. The number of ether oxygens (including phenoxy) is 1. The lowest BCUT2D eigenvalue weighted by Gasteiger charge is -2.13. The van der Waals surface area contributed by atoms with E-state index in [4.69, 9.17) is 4.74 Å². The van der Waals surface area contributed by atoms with Crippen LogP contribution in [0.5, 0.6) is 5.75 Å². The van der Waals surface area contributed by atoms with Gasteiger partial charge in [-0.3, -0.25) is 4.79 Å². The van der Waals surface area contributed by atoms with Crippen molar-refractivity contribution in [2.45, 2.75) is 40.5 Å². The third-order valence-corrected chi connectivity index (χ3v) is 3.41. The van der Waals surface area contributed by atoms with E-state index in [9.17, 15) is 4.79 Å². The molecule has 112 valence electrons. The Morgan fingerprint density at radius 3 is 2.25 bits per heavy atom. The lowest BCUT2D eigenvalue weighted by molar-refractivity contribution is 0.0946. The fourth-order valence-corrected chi connectivity index (χ4v) is 1.88. The highest BCUT2D eigenvalue weighted by atomic mass is 16.5. The van der Waals surface area contributed by atoms with Gasteiger partial charge in [0.25, 0.3) is 5.91 Å². The Hall–Kier alpha value is -1.51. The van der Waals surface area contributed by atoms with Crippen LogP contribution in [0, 0.1) is 11.8 Å². The maximum absolute atomic E-state index is 12.0. The van der Waals surface area contributed by atoms with Crippen LogP contribution in [0.25, 0.3) is 0 Å². The van der Waals surface area contributed by atoms with Gasteiger partial charge in [-0.25, -0.2) is 0 Å². The largest absolute Gasteiger partial charge is 0.493 e. The molecule has 0 saturated heterocycles. The minimum atomic E-state index is -0.00712. The quantitative estimate of drug-likeness (QED) is 0.783. The fraction of sp³-hybridized carbons (Fsp3) is 0.588. The van der Waals surface area contributed by atoms with Crippen LogP contribution in [0.2, 0.25) is 0 Å². The predicted octanol–water partition coefficient (Wildman–Crippen LogP) is 3.89. The lowest BCUT2D eigenvalue weighted by Crippen LogP contribution is -2.28. The molecule has 3 nitrogen and oxygen atoms in total. The molecule has 0 aliphatic carbocycles. The maximum Gasteiger partial charge on any atom is 0.251 e. The first kappa shape index (κ1) is 16.5. The number of amides is 1. The molecule has 0 aliphatic heterocycles. The average Bonchev–Trinajstić information content (AvgIpc) is 2.46. The van der Waals surface area contributed by atoms with Crippen molar-refractivity contribution in [1.29, 1.82) is 0 Å². The molecule has 20 heavy (non-hydrogen) atoms. The van der Waals surface area contributed by atoms with E-state index in [1.54, 1.807) is 0 Å². The first-order valence-corrected chi connectivity index (χ1v) is 7.57. The number of hydrogen-bond acceptors (Lipinski definition) is 2. The van der Waals surface area contributed by atoms with Crippen molar-refractivity contribution >= 4 is 5.91 Å². The first-order valence-electron chi connectivity index (χ1n) is 7.57. The molecule has 0 aromatic heterocycles. The Kier molecular flexibility index (Phi) is 7.13. The Balaban J connectivity index is 2.48. The molecule has 1 amide bonds. The van der Waals surface area contributed by atoms with Crippen molar-refractivity contribution in [2.24, 2.45) is 11.8 Å². The van der Waals surface area contributed by atoms with E-state index in [0.717, 1.165) is 25.1 Å². The summed E-state index contributed by atoms with van der Waals surface area (Å²) in [7, 11) is 0. The second kappa shape index (κ2) is 8.62. The molecular formula is C17H27NO2. The zero-order valence-corrected chi connectivity index (χ0v) is 13.1. The van der Waals surface area contributed by atoms with Gasteiger partial charge < -0.3 is 10.1 Å². The van der Waals surface area contributed by atoms with Crippen LogP contribution in [0.3, 0.4) is 0 Å². The number of benzene rings is 1. The molecule has 1 aromatic carbocycles. The number of nitrogens with one attached hydrogen (secondary N) is 1. The van der Waals surface area contributed by atoms with E-state index in [-0.39, 0.29) is 5.91 Å². The molecule has 1 aromatic rings. The smallest absolute Gasteiger partial charge is 0.251 e. The van der Waals surface area contributed by atoms with Gasteiger partial charge in [-0.2, -0.15) is 0 Å². The normalized spacial score (nSPS) is 10.9. The van der Waals surface area contributed by atoms with Gasteiger partial charge >= 0.3 is 0 Å². The molecule has 0 radical (unpaired) electrons. The summed E-state index contributed by atoms with van der Waals surface area (Å²) in [5, 5.41) is 2.99. The number of rotatable bonds is 8. The second-order valence-corrected chi connectivity index (χ2v) is 5.62. The summed E-state index contributed by atoms with van der Waals surface area (Å²) in [6.45, 7) is 9.97. The molecule has 0 saturated carbocycles. The van der Waals surface area contributed by atoms with Crippen molar-refractivity contribution in [3.8, 4) is 5.75 Å². The van der Waals surface area contributed by atoms with Crippen molar-refractivity contribution in [3.05, 3.63) is 29.8 Å². The SMILES string of the molecule is CCC(CC)CNC(=O)c1ccc(OCC(C)C)cc1. The van der Waals surface area contributed by atoms with E-state index in [0.29, 0.717) is 24.0 Å². The van der Waals surface area contributed by atoms with Crippen LogP contribution < -0.4 is 10.1 Å². The molecule has 0 atom stereocenters. The topological polar surface area (TPSA) is 38.3 Å². The second-order valence-electron chi connectivity index (χ2n) is 5.62. The van der Waals surface area contributed by atoms with Gasteiger partial charge in [0, 0.05) is 12.1 Å². The van der Waals surface area contributed by atoms with E-state index in [1.807, 2.05) is 24.3 Å². The summed E-state index contributed by atoms with van der Waals surface area (Å²) >= 11 is 0. The van der Waals surface area contributed by atoms with E-state index in [2.05, 4.69) is 33.0 Å². The molecule has 0 heterocycles. The number of hydrogen-bond donors (Lipinski definition) is 1. The summed E-state index contributed by atoms with van der Waals surface area (Å²) in [6.07, 6.45) is 2.19. The van der Waals surface area contributed by atoms with Crippen molar-refractivity contribution in [3.63, 3.8) is 0 Å². The first-order chi connectivity index (χ1) is 9.56. The molecule has 0 bridgehead atoms. The van der Waals surface area contributed by atoms with Gasteiger partial charge in [0.05, 0.1) is 6.61 Å². The molecule has 0 spiro atoms. The summed E-state index contributed by atoms with van der Waals surface area (Å²) in [4.78, 5) is 12.0. The highest BCUT2D eigenvalue weighted by Crippen LogP contribution is 2.13. The Labute approximate surface area is 122 Å². The van der Waals surface area contributed by atoms with Crippen molar-refractivity contribution in [1.82, 2.24) is 5.32 Å². The van der Waals surface area contributed by atoms with Crippen molar-refractivity contribution in [2.75, 3.05) is 13.2 Å². The summed E-state index contributed by atoms with van der Waals surface area (Å²) in [6, 6.07) is 7.35. The summed E-state index contributed by atoms with van der Waals surface area (Å²) in [5.74, 6) is 1.87. The van der Waals surface area contributed by atoms with E-state index in [1.165, 1.54) is 0 Å². The minimum absolute atomic E-state index is 0.00712. The van der Waals surface area contributed by atoms with Gasteiger partial charge in [-0.05, 0) is 36.1 Å². The zero-order valence-electron chi connectivity index (χ0n) is 13.1. The van der Waals surface area contributed by atoms with Gasteiger partial charge in [0.1, 0.15) is 5.75 Å². The Bertz CT molecular complexity index is 394. The molecule has 0 unspecified atom stereocenters. The van der Waals surface area contributed by atoms with Crippen LogP contribution >= 0.6 is 0 Å². The zero-order chi connectivity index (χ0) is 15.0. The molecule has 1 rings (SSSR count). The fourth-order valence-electron chi connectivity index (χ4n) is 1.88. The molecule has 0 fully saturated rings. The van der Waals surface area contributed by atoms with Crippen LogP contribution in [0.1, 0.15) is 50.9 Å². The minimum Gasteiger partial charge on any atom is -0.493 e. The Morgan fingerprint density at radius 2 is 1.75 bits per heavy atom. The predicted molar refractivity (Wildman–Crippen MR) is 83.2 cm³/mol. The van der Waals surface area contributed by atoms with Gasteiger partial charge in [0.15, 0.2) is 0 Å². The Morgan fingerprint density at radius 1 is 1.15 bits per heavy atom. The molecule has 0 aliphatic rings. The third-order valence-electron chi connectivity index (χ3n) is 3.41. The van der Waals surface area contributed by atoms with E-state index < -0.39 is 0 Å². The van der Waals surface area contributed by atoms with Crippen molar-refractivity contribution < 1.29 is 9.53 Å². The maximum atomic E-state index is 12.0.